The van der Waals surface area contributed by atoms with Crippen LogP contribution in [0.25, 0.3) is 5.69 Å². The topological polar surface area (TPSA) is 33.1 Å². The molecule has 0 radical (unpaired) electrons. The fraction of sp³-hybridized carbons (Fsp3) is 0.250. The van der Waals surface area contributed by atoms with Gasteiger partial charge in [0.2, 0.25) is 0 Å². The Morgan fingerprint density at radius 1 is 1.12 bits per heavy atom. The van der Waals surface area contributed by atoms with Gasteiger partial charge in [-0.05, 0) is 43.4 Å². The number of hydrogen-bond acceptors (Lipinski definition) is 3. The van der Waals surface area contributed by atoms with Crippen molar-refractivity contribution in [1.29, 1.82) is 0 Å². The van der Waals surface area contributed by atoms with Crippen LogP contribution in [-0.4, -0.2) is 35.1 Å². The minimum Gasteiger partial charge on any atom is -0.311 e. The van der Waals surface area contributed by atoms with Crippen LogP contribution in [-0.2, 0) is 6.54 Å². The van der Waals surface area contributed by atoms with Crippen molar-refractivity contribution < 1.29 is 0 Å². The summed E-state index contributed by atoms with van der Waals surface area (Å²) < 4.78 is 2.00. The van der Waals surface area contributed by atoms with Crippen molar-refractivity contribution in [2.45, 2.75) is 12.6 Å². The Labute approximate surface area is 154 Å². The predicted molar refractivity (Wildman–Crippen MR) is 103 cm³/mol. The lowest BCUT2D eigenvalue weighted by molar-refractivity contribution is 0.288. The summed E-state index contributed by atoms with van der Waals surface area (Å²) in [5, 5.41) is 4.36. The second-order valence-electron chi connectivity index (χ2n) is 6.27. The van der Waals surface area contributed by atoms with E-state index in [0.29, 0.717) is 0 Å². The maximum Gasteiger partial charge on any atom is 0.0991 e. The number of hydrogen-bond donors (Lipinski definition) is 1. The third-order valence-corrected chi connectivity index (χ3v) is 4.64. The minimum absolute atomic E-state index is 0.235. The second-order valence-corrected chi connectivity index (χ2v) is 6.68. The maximum atomic E-state index is 6.36. The van der Waals surface area contributed by atoms with Crippen molar-refractivity contribution in [3.05, 3.63) is 83.4 Å². The van der Waals surface area contributed by atoms with Crippen molar-refractivity contribution >= 4 is 11.6 Å². The molecule has 130 valence electrons. The predicted octanol–water partition coefficient (Wildman–Crippen LogP) is 3.92. The van der Waals surface area contributed by atoms with Crippen LogP contribution < -0.4 is 5.32 Å². The molecule has 0 aliphatic heterocycles. The Kier molecular flexibility index (Phi) is 5.87. The van der Waals surface area contributed by atoms with Crippen LogP contribution in [0.2, 0.25) is 5.02 Å². The molecule has 5 heteroatoms. The van der Waals surface area contributed by atoms with Crippen LogP contribution in [0, 0.1) is 0 Å². The molecule has 1 atom stereocenters. The second kappa shape index (κ2) is 8.30. The van der Waals surface area contributed by atoms with Gasteiger partial charge in [0.25, 0.3) is 0 Å². The lowest BCUT2D eigenvalue weighted by Crippen LogP contribution is -2.31. The quantitative estimate of drug-likeness (QED) is 0.698. The zero-order valence-corrected chi connectivity index (χ0v) is 15.3. The van der Waals surface area contributed by atoms with Gasteiger partial charge in [-0.2, -0.15) is 0 Å². The Hall–Kier alpha value is -2.14. The standard InChI is InChI=1S/C20H23ClN4/c1-24(2)20(18-5-3-4-6-19(18)21)14-23-13-16-7-9-17(10-8-16)25-12-11-22-15-25/h3-12,15,20,23H,13-14H2,1-2H3/t20-/m1/s1. The number of imidazole rings is 1. The molecule has 0 aliphatic rings. The smallest absolute Gasteiger partial charge is 0.0991 e. The van der Waals surface area contributed by atoms with Gasteiger partial charge < -0.3 is 14.8 Å². The summed E-state index contributed by atoms with van der Waals surface area (Å²) in [4.78, 5) is 6.27. The molecule has 0 unspecified atom stereocenters. The van der Waals surface area contributed by atoms with Gasteiger partial charge in [0.1, 0.15) is 0 Å². The summed E-state index contributed by atoms with van der Waals surface area (Å²) in [6, 6.07) is 16.8. The van der Waals surface area contributed by atoms with E-state index < -0.39 is 0 Å². The van der Waals surface area contributed by atoms with Crippen LogP contribution in [0.5, 0.6) is 0 Å². The van der Waals surface area contributed by atoms with E-state index >= 15 is 0 Å². The molecule has 1 aromatic heterocycles. The molecule has 0 saturated heterocycles. The Morgan fingerprint density at radius 3 is 2.52 bits per heavy atom. The lowest BCUT2D eigenvalue weighted by Gasteiger charge is -2.26. The van der Waals surface area contributed by atoms with Gasteiger partial charge in [-0.3, -0.25) is 0 Å². The van der Waals surface area contributed by atoms with Crippen molar-refractivity contribution in [3.63, 3.8) is 0 Å². The van der Waals surface area contributed by atoms with Gasteiger partial charge in [0.05, 0.1) is 6.33 Å². The number of benzene rings is 2. The molecule has 4 nitrogen and oxygen atoms in total. The highest BCUT2D eigenvalue weighted by atomic mass is 35.5. The van der Waals surface area contributed by atoms with Gasteiger partial charge >= 0.3 is 0 Å². The number of likely N-dealkylation sites (N-methyl/N-ethyl adjacent to an activating group) is 1. The van der Waals surface area contributed by atoms with Gasteiger partial charge in [-0.1, -0.05) is 41.9 Å². The first kappa shape index (κ1) is 17.7. The number of nitrogens with zero attached hydrogens (tertiary/aromatic N) is 3. The molecule has 3 aromatic rings. The lowest BCUT2D eigenvalue weighted by atomic mass is 10.1. The third-order valence-electron chi connectivity index (χ3n) is 4.29. The molecule has 0 amide bonds. The fourth-order valence-electron chi connectivity index (χ4n) is 2.87. The first-order valence-electron chi connectivity index (χ1n) is 8.34. The summed E-state index contributed by atoms with van der Waals surface area (Å²) in [7, 11) is 4.16. The Morgan fingerprint density at radius 2 is 1.88 bits per heavy atom. The summed E-state index contributed by atoms with van der Waals surface area (Å²) in [5.41, 5.74) is 3.51. The van der Waals surface area contributed by atoms with E-state index in [2.05, 4.69) is 59.6 Å². The zero-order valence-electron chi connectivity index (χ0n) is 14.6. The highest BCUT2D eigenvalue weighted by Gasteiger charge is 2.16. The van der Waals surface area contributed by atoms with Crippen molar-refractivity contribution in [2.75, 3.05) is 20.6 Å². The fourth-order valence-corrected chi connectivity index (χ4v) is 3.13. The van der Waals surface area contributed by atoms with Crippen LogP contribution in [0.15, 0.2) is 67.3 Å². The first-order valence-corrected chi connectivity index (χ1v) is 8.72. The molecule has 0 bridgehead atoms. The van der Waals surface area contributed by atoms with E-state index in [1.54, 1.807) is 12.5 Å². The number of rotatable bonds is 7. The molecule has 3 rings (SSSR count). The largest absolute Gasteiger partial charge is 0.311 e. The van der Waals surface area contributed by atoms with E-state index in [1.165, 1.54) is 5.56 Å². The third kappa shape index (κ3) is 4.48. The van der Waals surface area contributed by atoms with Gasteiger partial charge in [-0.15, -0.1) is 0 Å². The van der Waals surface area contributed by atoms with Crippen molar-refractivity contribution in [3.8, 4) is 5.69 Å². The summed E-state index contributed by atoms with van der Waals surface area (Å²) in [6.07, 6.45) is 5.53. The number of halogens is 1. The average molecular weight is 355 g/mol. The SMILES string of the molecule is CN(C)[C@H](CNCc1ccc(-n2ccnc2)cc1)c1ccccc1Cl. The summed E-state index contributed by atoms with van der Waals surface area (Å²) in [6.45, 7) is 1.65. The molecular weight excluding hydrogens is 332 g/mol. The maximum absolute atomic E-state index is 6.36. The van der Waals surface area contributed by atoms with Gasteiger partial charge in [0.15, 0.2) is 0 Å². The number of nitrogens with one attached hydrogen (secondary N) is 1. The average Bonchev–Trinajstić information content (AvgIpc) is 3.14. The van der Waals surface area contributed by atoms with Crippen LogP contribution >= 0.6 is 11.6 Å². The Balaban J connectivity index is 1.60. The van der Waals surface area contributed by atoms with Gasteiger partial charge in [-0.25, -0.2) is 4.98 Å². The highest BCUT2D eigenvalue weighted by molar-refractivity contribution is 6.31. The Bertz CT molecular complexity index is 782. The minimum atomic E-state index is 0.235. The van der Waals surface area contributed by atoms with E-state index in [-0.39, 0.29) is 6.04 Å². The van der Waals surface area contributed by atoms with E-state index in [1.807, 2.05) is 29.0 Å². The van der Waals surface area contributed by atoms with Crippen LogP contribution in [0.4, 0.5) is 0 Å². The highest BCUT2D eigenvalue weighted by Crippen LogP contribution is 2.25. The molecule has 2 aromatic carbocycles. The monoisotopic (exact) mass is 354 g/mol. The molecule has 0 spiro atoms. The van der Waals surface area contributed by atoms with Crippen LogP contribution in [0.1, 0.15) is 17.2 Å². The molecule has 25 heavy (non-hydrogen) atoms. The molecule has 1 heterocycles. The normalized spacial score (nSPS) is 12.5. The molecule has 1 N–H and O–H groups in total. The van der Waals surface area contributed by atoms with E-state index in [4.69, 9.17) is 11.6 Å². The van der Waals surface area contributed by atoms with Crippen LogP contribution in [0.3, 0.4) is 0 Å². The first-order chi connectivity index (χ1) is 12.1. The van der Waals surface area contributed by atoms with E-state index in [9.17, 15) is 0 Å². The molecule has 0 aliphatic carbocycles. The van der Waals surface area contributed by atoms with Crippen molar-refractivity contribution in [2.24, 2.45) is 0 Å². The van der Waals surface area contributed by atoms with Gasteiger partial charge in [0, 0.05) is 42.2 Å². The van der Waals surface area contributed by atoms with Crippen molar-refractivity contribution in [1.82, 2.24) is 19.8 Å². The molecule has 0 fully saturated rings. The van der Waals surface area contributed by atoms with E-state index in [0.717, 1.165) is 29.4 Å². The summed E-state index contributed by atoms with van der Waals surface area (Å²) in [5.74, 6) is 0. The number of aromatic nitrogens is 2. The molecular formula is C20H23ClN4. The summed E-state index contributed by atoms with van der Waals surface area (Å²) >= 11 is 6.36. The zero-order chi connectivity index (χ0) is 17.6. The molecule has 0 saturated carbocycles.